The first-order chi connectivity index (χ1) is 5.74. The summed E-state index contributed by atoms with van der Waals surface area (Å²) >= 11 is 3.30. The molecule has 1 heterocycles. The summed E-state index contributed by atoms with van der Waals surface area (Å²) in [5.41, 5.74) is 0.320. The Hall–Kier alpha value is -0.900. The monoisotopic (exact) mass is 230 g/mol. The van der Waals surface area contributed by atoms with E-state index in [2.05, 4.69) is 15.9 Å². The number of aromatic carboxylic acids is 1. The molecule has 0 aromatic carbocycles. The lowest BCUT2D eigenvalue weighted by Gasteiger charge is -1.93. The highest BCUT2D eigenvalue weighted by Gasteiger charge is 2.04. The standard InChI is InChI=1S/C8H8BrNO2/c9-3-6-10-4-1-7(2-5-10)8(11)12/h1-2,4-5H,3,6H2/p+1. The lowest BCUT2D eigenvalue weighted by molar-refractivity contribution is -0.692. The number of carbonyl (C=O) groups is 1. The largest absolute Gasteiger partial charge is 0.478 e. The second-order valence-electron chi connectivity index (χ2n) is 2.32. The second-order valence-corrected chi connectivity index (χ2v) is 3.11. The third-order valence-electron chi connectivity index (χ3n) is 1.48. The minimum Gasteiger partial charge on any atom is -0.478 e. The van der Waals surface area contributed by atoms with Crippen LogP contribution in [0.2, 0.25) is 0 Å². The fourth-order valence-electron chi connectivity index (χ4n) is 0.847. The maximum atomic E-state index is 10.5. The van der Waals surface area contributed by atoms with Crippen molar-refractivity contribution >= 4 is 21.9 Å². The van der Waals surface area contributed by atoms with Gasteiger partial charge in [-0.3, -0.25) is 0 Å². The first kappa shape index (κ1) is 9.19. The summed E-state index contributed by atoms with van der Waals surface area (Å²) in [7, 11) is 0. The molecule has 0 amide bonds. The number of aromatic nitrogens is 1. The van der Waals surface area contributed by atoms with Gasteiger partial charge in [0.1, 0.15) is 0 Å². The highest BCUT2D eigenvalue weighted by molar-refractivity contribution is 9.09. The Balaban J connectivity index is 2.78. The molecule has 0 aliphatic heterocycles. The first-order valence-electron chi connectivity index (χ1n) is 3.52. The third-order valence-corrected chi connectivity index (χ3v) is 1.84. The maximum Gasteiger partial charge on any atom is 0.336 e. The lowest BCUT2D eigenvalue weighted by atomic mass is 10.3. The molecule has 0 fully saturated rings. The molecular weight excluding hydrogens is 222 g/mol. The molecule has 0 aliphatic rings. The van der Waals surface area contributed by atoms with Crippen molar-refractivity contribution in [3.63, 3.8) is 0 Å². The predicted molar refractivity (Wildman–Crippen MR) is 47.4 cm³/mol. The molecule has 1 aromatic heterocycles. The van der Waals surface area contributed by atoms with Crippen LogP contribution in [0.3, 0.4) is 0 Å². The van der Waals surface area contributed by atoms with Crippen LogP contribution in [0.25, 0.3) is 0 Å². The smallest absolute Gasteiger partial charge is 0.336 e. The molecule has 3 nitrogen and oxygen atoms in total. The summed E-state index contributed by atoms with van der Waals surface area (Å²) in [5, 5.41) is 9.45. The summed E-state index contributed by atoms with van der Waals surface area (Å²) < 4.78 is 1.92. The summed E-state index contributed by atoms with van der Waals surface area (Å²) in [6.45, 7) is 0.847. The summed E-state index contributed by atoms with van der Waals surface area (Å²) in [5.74, 6) is -0.888. The van der Waals surface area contributed by atoms with E-state index in [0.717, 1.165) is 11.9 Å². The van der Waals surface area contributed by atoms with Crippen molar-refractivity contribution in [1.82, 2.24) is 0 Å². The lowest BCUT2D eigenvalue weighted by Crippen LogP contribution is -2.33. The molecule has 1 rings (SSSR count). The van der Waals surface area contributed by atoms with Gasteiger partial charge in [0.25, 0.3) is 0 Å². The van der Waals surface area contributed by atoms with Crippen molar-refractivity contribution in [3.8, 4) is 0 Å². The SMILES string of the molecule is O=C(O)c1cc[n+](CCBr)cc1. The Morgan fingerprint density at radius 2 is 2.08 bits per heavy atom. The number of carboxylic acid groups (broad SMARTS) is 1. The molecule has 0 radical (unpaired) electrons. The van der Waals surface area contributed by atoms with E-state index in [1.807, 2.05) is 4.57 Å². The molecule has 64 valence electrons. The van der Waals surface area contributed by atoms with Gasteiger partial charge >= 0.3 is 5.97 Å². The van der Waals surface area contributed by atoms with Gasteiger partial charge in [-0.2, -0.15) is 0 Å². The van der Waals surface area contributed by atoms with E-state index < -0.39 is 5.97 Å². The number of aryl methyl sites for hydroxylation is 1. The predicted octanol–water partition coefficient (Wildman–Crippen LogP) is 1.07. The van der Waals surface area contributed by atoms with Crippen LogP contribution >= 0.6 is 15.9 Å². The van der Waals surface area contributed by atoms with E-state index in [-0.39, 0.29) is 0 Å². The van der Waals surface area contributed by atoms with E-state index >= 15 is 0 Å². The number of hydrogen-bond acceptors (Lipinski definition) is 1. The summed E-state index contributed by atoms with van der Waals surface area (Å²) in [6, 6.07) is 3.18. The topological polar surface area (TPSA) is 41.2 Å². The summed E-state index contributed by atoms with van der Waals surface area (Å²) in [6.07, 6.45) is 3.51. The van der Waals surface area contributed by atoms with Gasteiger partial charge in [-0.05, 0) is 0 Å². The van der Waals surface area contributed by atoms with Crippen molar-refractivity contribution in [2.45, 2.75) is 6.54 Å². The number of rotatable bonds is 3. The van der Waals surface area contributed by atoms with Gasteiger partial charge in [-0.25, -0.2) is 9.36 Å². The molecular formula is C8H9BrNO2+. The van der Waals surface area contributed by atoms with Gasteiger partial charge in [0, 0.05) is 12.1 Å². The molecule has 0 spiro atoms. The zero-order chi connectivity index (χ0) is 8.97. The van der Waals surface area contributed by atoms with Crippen LogP contribution in [0.1, 0.15) is 10.4 Å². The Morgan fingerprint density at radius 1 is 1.50 bits per heavy atom. The zero-order valence-electron chi connectivity index (χ0n) is 6.40. The van der Waals surface area contributed by atoms with Crippen LogP contribution in [0.4, 0.5) is 0 Å². The van der Waals surface area contributed by atoms with E-state index in [9.17, 15) is 4.79 Å². The number of pyridine rings is 1. The minimum atomic E-state index is -0.888. The molecule has 0 saturated heterocycles. The first-order valence-corrected chi connectivity index (χ1v) is 4.64. The van der Waals surface area contributed by atoms with Gasteiger partial charge in [-0.1, -0.05) is 15.9 Å². The average molecular weight is 231 g/mol. The number of hydrogen-bond donors (Lipinski definition) is 1. The number of carboxylic acids is 1. The van der Waals surface area contributed by atoms with Gasteiger partial charge < -0.3 is 5.11 Å². The van der Waals surface area contributed by atoms with Crippen molar-refractivity contribution in [1.29, 1.82) is 0 Å². The van der Waals surface area contributed by atoms with Crippen LogP contribution in [0.15, 0.2) is 24.5 Å². The Bertz CT molecular complexity index is 271. The fourth-order valence-corrected chi connectivity index (χ4v) is 1.26. The minimum absolute atomic E-state index is 0.320. The highest BCUT2D eigenvalue weighted by atomic mass is 79.9. The third kappa shape index (κ3) is 2.30. The molecule has 4 heteroatoms. The Morgan fingerprint density at radius 3 is 2.50 bits per heavy atom. The zero-order valence-corrected chi connectivity index (χ0v) is 7.99. The average Bonchev–Trinajstić information content (AvgIpc) is 2.06. The van der Waals surface area contributed by atoms with Crippen LogP contribution in [0, 0.1) is 0 Å². The molecule has 0 saturated carbocycles. The van der Waals surface area contributed by atoms with Gasteiger partial charge in [0.05, 0.1) is 10.9 Å². The van der Waals surface area contributed by atoms with Crippen molar-refractivity contribution < 1.29 is 14.5 Å². The molecule has 1 N–H and O–H groups in total. The Kier molecular flexibility index (Phi) is 3.22. The van der Waals surface area contributed by atoms with E-state index in [0.29, 0.717) is 5.56 Å². The number of halogens is 1. The van der Waals surface area contributed by atoms with Crippen molar-refractivity contribution in [2.24, 2.45) is 0 Å². The van der Waals surface area contributed by atoms with Crippen LogP contribution < -0.4 is 4.57 Å². The van der Waals surface area contributed by atoms with Gasteiger partial charge in [0.2, 0.25) is 0 Å². The molecule has 0 unspecified atom stereocenters. The normalized spacial score (nSPS) is 9.75. The van der Waals surface area contributed by atoms with Gasteiger partial charge in [-0.15, -0.1) is 0 Å². The summed E-state index contributed by atoms with van der Waals surface area (Å²) in [4.78, 5) is 10.5. The van der Waals surface area contributed by atoms with E-state index in [1.54, 1.807) is 24.5 Å². The van der Waals surface area contributed by atoms with Crippen molar-refractivity contribution in [3.05, 3.63) is 30.1 Å². The molecule has 1 aromatic rings. The van der Waals surface area contributed by atoms with E-state index in [4.69, 9.17) is 5.11 Å². The Labute approximate surface area is 78.8 Å². The fraction of sp³-hybridized carbons (Fsp3) is 0.250. The number of alkyl halides is 1. The quantitative estimate of drug-likeness (QED) is 0.624. The highest BCUT2D eigenvalue weighted by Crippen LogP contribution is 1.93. The van der Waals surface area contributed by atoms with Crippen molar-refractivity contribution in [2.75, 3.05) is 5.33 Å². The van der Waals surface area contributed by atoms with Crippen LogP contribution in [-0.2, 0) is 6.54 Å². The molecule has 0 atom stereocenters. The molecule has 0 bridgehead atoms. The molecule has 0 aliphatic carbocycles. The van der Waals surface area contributed by atoms with E-state index in [1.165, 1.54) is 0 Å². The number of nitrogens with zero attached hydrogens (tertiary/aromatic N) is 1. The molecule has 12 heavy (non-hydrogen) atoms. The second kappa shape index (κ2) is 4.21. The maximum absolute atomic E-state index is 10.5. The van der Waals surface area contributed by atoms with Crippen LogP contribution in [0.5, 0.6) is 0 Å². The van der Waals surface area contributed by atoms with Crippen LogP contribution in [-0.4, -0.2) is 16.4 Å². The van der Waals surface area contributed by atoms with Gasteiger partial charge in [0.15, 0.2) is 18.9 Å².